The van der Waals surface area contributed by atoms with E-state index in [9.17, 15) is 9.59 Å². The van der Waals surface area contributed by atoms with E-state index in [-0.39, 0.29) is 0 Å². The first-order chi connectivity index (χ1) is 13.6. The van der Waals surface area contributed by atoms with Crippen LogP contribution in [-0.4, -0.2) is 29.5 Å². The fraction of sp³-hybridized carbons (Fsp3) is 0.286. The van der Waals surface area contributed by atoms with Crippen LogP contribution in [0.4, 0.5) is 5.69 Å². The Labute approximate surface area is 172 Å². The maximum Gasteiger partial charge on any atom is 0.338 e. The predicted molar refractivity (Wildman–Crippen MR) is 113 cm³/mol. The van der Waals surface area contributed by atoms with Crippen molar-refractivity contribution in [3.8, 4) is 6.07 Å². The summed E-state index contributed by atoms with van der Waals surface area (Å²) >= 11 is 3.84. The molecule has 0 bridgehead atoms. The Morgan fingerprint density at radius 2 is 1.89 bits per heavy atom. The normalized spacial score (nSPS) is 15.3. The highest BCUT2D eigenvalue weighted by Crippen LogP contribution is 2.43. The maximum atomic E-state index is 12.3. The Hall–Kier alpha value is -2.43. The molecule has 1 N–H and O–H groups in total. The molecule has 0 aromatic heterocycles. The number of benzene rings is 2. The van der Waals surface area contributed by atoms with Crippen LogP contribution in [0.15, 0.2) is 48.5 Å². The van der Waals surface area contributed by atoms with Crippen molar-refractivity contribution in [1.82, 2.24) is 0 Å². The second-order valence-corrected chi connectivity index (χ2v) is 9.00. The van der Waals surface area contributed by atoms with Crippen molar-refractivity contribution in [2.24, 2.45) is 0 Å². The van der Waals surface area contributed by atoms with Crippen molar-refractivity contribution in [2.45, 2.75) is 24.0 Å². The quantitative estimate of drug-likeness (QED) is 0.723. The molecule has 0 aliphatic carbocycles. The van der Waals surface area contributed by atoms with Crippen molar-refractivity contribution >= 4 is 41.1 Å². The molecule has 0 saturated carbocycles. The summed E-state index contributed by atoms with van der Waals surface area (Å²) in [6.45, 7) is 1.52. The molecule has 144 valence electrons. The first-order valence-electron chi connectivity index (χ1n) is 8.92. The van der Waals surface area contributed by atoms with Crippen LogP contribution in [0.25, 0.3) is 0 Å². The highest BCUT2D eigenvalue weighted by Gasteiger charge is 2.20. The molecule has 7 heteroatoms. The van der Waals surface area contributed by atoms with E-state index in [1.54, 1.807) is 36.4 Å². The summed E-state index contributed by atoms with van der Waals surface area (Å²) in [4.78, 5) is 24.6. The lowest BCUT2D eigenvalue weighted by molar-refractivity contribution is -0.123. The predicted octanol–water partition coefficient (Wildman–Crippen LogP) is 4.61. The second-order valence-electron chi connectivity index (χ2n) is 6.28. The number of carbonyl (C=O) groups excluding carboxylic acids is 2. The Bertz CT molecular complexity index is 887. The number of amides is 1. The molecular formula is C21H20N2O3S2. The molecule has 28 heavy (non-hydrogen) atoms. The molecule has 0 spiro atoms. The highest BCUT2D eigenvalue weighted by molar-refractivity contribution is 8.16. The third-order valence-corrected chi connectivity index (χ3v) is 7.17. The van der Waals surface area contributed by atoms with Crippen molar-refractivity contribution in [1.29, 1.82) is 5.26 Å². The number of esters is 1. The minimum Gasteiger partial charge on any atom is -0.449 e. The summed E-state index contributed by atoms with van der Waals surface area (Å²) in [6.07, 6.45) is 0.277. The van der Waals surface area contributed by atoms with Crippen LogP contribution in [0.1, 0.15) is 39.4 Å². The van der Waals surface area contributed by atoms with Gasteiger partial charge >= 0.3 is 5.97 Å². The van der Waals surface area contributed by atoms with E-state index in [1.807, 2.05) is 41.7 Å². The number of nitrogens with zero attached hydrogens (tertiary/aromatic N) is 1. The summed E-state index contributed by atoms with van der Waals surface area (Å²) in [5.74, 6) is 1.33. The Morgan fingerprint density at radius 1 is 1.18 bits per heavy atom. The fourth-order valence-corrected chi connectivity index (χ4v) is 5.54. The molecular weight excluding hydrogens is 392 g/mol. The number of thioether (sulfide) groups is 2. The van der Waals surface area contributed by atoms with E-state index in [4.69, 9.17) is 10.00 Å². The Kier molecular flexibility index (Phi) is 7.01. The van der Waals surface area contributed by atoms with Crippen LogP contribution in [0.2, 0.25) is 0 Å². The topological polar surface area (TPSA) is 79.2 Å². The van der Waals surface area contributed by atoms with E-state index in [1.165, 1.54) is 18.9 Å². The van der Waals surface area contributed by atoms with Gasteiger partial charge in [-0.05, 0) is 60.7 Å². The van der Waals surface area contributed by atoms with Crippen molar-refractivity contribution in [3.05, 3.63) is 65.2 Å². The number of hydrogen-bond acceptors (Lipinski definition) is 6. The van der Waals surface area contributed by atoms with Crippen LogP contribution >= 0.6 is 23.5 Å². The van der Waals surface area contributed by atoms with Gasteiger partial charge in [-0.1, -0.05) is 18.2 Å². The minimum absolute atomic E-state index is 0.410. The highest BCUT2D eigenvalue weighted by atomic mass is 32.2. The summed E-state index contributed by atoms with van der Waals surface area (Å²) in [6, 6.07) is 16.0. The monoisotopic (exact) mass is 412 g/mol. The third-order valence-electron chi connectivity index (χ3n) is 4.16. The van der Waals surface area contributed by atoms with Crippen LogP contribution in [0.3, 0.4) is 0 Å². The molecule has 1 heterocycles. The van der Waals surface area contributed by atoms with Crippen molar-refractivity contribution in [2.75, 3.05) is 16.8 Å². The van der Waals surface area contributed by atoms with E-state index >= 15 is 0 Å². The first kappa shape index (κ1) is 20.3. The zero-order valence-electron chi connectivity index (χ0n) is 15.4. The van der Waals surface area contributed by atoms with Gasteiger partial charge in [-0.25, -0.2) is 4.79 Å². The SMILES string of the molecule is C[C@@H](OC(=O)c1ccc(C2SCCCS2)cc1)C(=O)Nc1cccc(C#N)c1. The van der Waals surface area contributed by atoms with Gasteiger partial charge in [0, 0.05) is 5.69 Å². The van der Waals surface area contributed by atoms with Crippen molar-refractivity contribution in [3.63, 3.8) is 0 Å². The molecule has 1 amide bonds. The molecule has 3 rings (SSSR count). The smallest absolute Gasteiger partial charge is 0.338 e. The zero-order chi connectivity index (χ0) is 19.9. The van der Waals surface area contributed by atoms with Gasteiger partial charge < -0.3 is 10.1 Å². The molecule has 1 aliphatic rings. The van der Waals surface area contributed by atoms with Crippen LogP contribution in [-0.2, 0) is 9.53 Å². The lowest BCUT2D eigenvalue weighted by Crippen LogP contribution is -2.30. The van der Waals surface area contributed by atoms with Crippen LogP contribution < -0.4 is 5.32 Å². The van der Waals surface area contributed by atoms with Gasteiger partial charge in [0.05, 0.1) is 21.8 Å². The molecule has 0 unspecified atom stereocenters. The van der Waals surface area contributed by atoms with E-state index in [2.05, 4.69) is 5.32 Å². The number of nitriles is 1. The Morgan fingerprint density at radius 3 is 2.57 bits per heavy atom. The fourth-order valence-electron chi connectivity index (χ4n) is 2.65. The summed E-state index contributed by atoms with van der Waals surface area (Å²) in [5, 5.41) is 11.6. The number of carbonyl (C=O) groups is 2. The van der Waals surface area contributed by atoms with E-state index in [0.717, 1.165) is 11.5 Å². The molecule has 1 aliphatic heterocycles. The molecule has 5 nitrogen and oxygen atoms in total. The van der Waals surface area contributed by atoms with Gasteiger partial charge in [0.1, 0.15) is 0 Å². The first-order valence-corrected chi connectivity index (χ1v) is 11.0. The average molecular weight is 413 g/mol. The largest absolute Gasteiger partial charge is 0.449 e. The summed E-state index contributed by atoms with van der Waals surface area (Å²) in [5.41, 5.74) is 2.53. The van der Waals surface area contributed by atoms with Crippen LogP contribution in [0, 0.1) is 11.3 Å². The minimum atomic E-state index is -0.956. The van der Waals surface area contributed by atoms with Crippen molar-refractivity contribution < 1.29 is 14.3 Å². The average Bonchev–Trinajstić information content (AvgIpc) is 2.74. The number of anilines is 1. The van der Waals surface area contributed by atoms with Gasteiger partial charge in [-0.15, -0.1) is 23.5 Å². The lowest BCUT2D eigenvalue weighted by Gasteiger charge is -2.21. The molecule has 2 aromatic carbocycles. The molecule has 2 aromatic rings. The maximum absolute atomic E-state index is 12.3. The number of nitrogens with one attached hydrogen (secondary N) is 1. The van der Waals surface area contributed by atoms with E-state index < -0.39 is 18.0 Å². The van der Waals surface area contributed by atoms with Gasteiger partial charge in [0.25, 0.3) is 5.91 Å². The molecule has 1 fully saturated rings. The van der Waals surface area contributed by atoms with Gasteiger partial charge in [0.15, 0.2) is 6.10 Å². The molecule has 0 radical (unpaired) electrons. The van der Waals surface area contributed by atoms with E-state index in [0.29, 0.717) is 21.4 Å². The summed E-state index contributed by atoms with van der Waals surface area (Å²) < 4.78 is 5.70. The zero-order valence-corrected chi connectivity index (χ0v) is 17.0. The summed E-state index contributed by atoms with van der Waals surface area (Å²) in [7, 11) is 0. The van der Waals surface area contributed by atoms with Gasteiger partial charge in [-0.3, -0.25) is 4.79 Å². The number of ether oxygens (including phenoxy) is 1. The number of rotatable bonds is 5. The van der Waals surface area contributed by atoms with Crippen LogP contribution in [0.5, 0.6) is 0 Å². The second kappa shape index (κ2) is 9.67. The van der Waals surface area contributed by atoms with Gasteiger partial charge in [0.2, 0.25) is 0 Å². The third kappa shape index (κ3) is 5.31. The number of hydrogen-bond donors (Lipinski definition) is 1. The lowest BCUT2D eigenvalue weighted by atomic mass is 10.1. The standard InChI is InChI=1S/C21H20N2O3S2/c1-14(19(24)23-18-5-2-4-15(12-18)13-22)26-20(25)16-6-8-17(9-7-16)21-27-10-3-11-28-21/h2,4-9,12,14,21H,3,10-11H2,1H3,(H,23,24)/t14-/m1/s1. The molecule has 1 saturated heterocycles. The molecule has 1 atom stereocenters. The van der Waals surface area contributed by atoms with Gasteiger partial charge in [-0.2, -0.15) is 5.26 Å². The Balaban J connectivity index is 1.57.